The quantitative estimate of drug-likeness (QED) is 0.871. The number of primary amides is 1. The fourth-order valence-corrected chi connectivity index (χ4v) is 3.03. The highest BCUT2D eigenvalue weighted by molar-refractivity contribution is 7.18. The van der Waals surface area contributed by atoms with Crippen LogP contribution in [0.2, 0.25) is 5.15 Å². The highest BCUT2D eigenvalue weighted by Gasteiger charge is 2.40. The molecule has 98 valence electrons. The summed E-state index contributed by atoms with van der Waals surface area (Å²) in [6, 6.07) is 0. The molecule has 1 aliphatic rings. The van der Waals surface area contributed by atoms with Crippen molar-refractivity contribution in [2.45, 2.75) is 13.3 Å². The summed E-state index contributed by atoms with van der Waals surface area (Å²) in [4.78, 5) is 28.1. The van der Waals surface area contributed by atoms with Gasteiger partial charge in [0.1, 0.15) is 0 Å². The monoisotopic (exact) mass is 289 g/mol. The number of carbonyl (C=O) groups excluding carboxylic acids is 1. The molecule has 3 N–H and O–H groups in total. The van der Waals surface area contributed by atoms with Gasteiger partial charge >= 0.3 is 5.97 Å². The van der Waals surface area contributed by atoms with Crippen molar-refractivity contribution in [2.24, 2.45) is 11.1 Å². The Kier molecular flexibility index (Phi) is 3.20. The van der Waals surface area contributed by atoms with Crippen LogP contribution in [-0.4, -0.2) is 35.1 Å². The maximum absolute atomic E-state index is 11.3. The minimum Gasteiger partial charge on any atom is -0.477 e. The standard InChI is InChI=1S/C10H12ClN3O3S/c1-10(8(12)17)2-3-14(4-10)9-13-6(11)5(18-9)7(15)16/h2-4H2,1H3,(H2,12,17)(H,15,16). The van der Waals surface area contributed by atoms with E-state index in [2.05, 4.69) is 4.98 Å². The molecule has 0 radical (unpaired) electrons. The zero-order chi connectivity index (χ0) is 13.5. The summed E-state index contributed by atoms with van der Waals surface area (Å²) in [6.45, 7) is 2.84. The first-order valence-corrected chi connectivity index (χ1v) is 6.47. The number of hydrogen-bond acceptors (Lipinski definition) is 5. The number of carboxylic acid groups (broad SMARTS) is 1. The van der Waals surface area contributed by atoms with E-state index >= 15 is 0 Å². The number of amides is 1. The Balaban J connectivity index is 2.22. The van der Waals surface area contributed by atoms with Gasteiger partial charge in [-0.3, -0.25) is 4.79 Å². The molecule has 1 aliphatic heterocycles. The van der Waals surface area contributed by atoms with Crippen LogP contribution in [0.3, 0.4) is 0 Å². The molecule has 1 fully saturated rings. The SMILES string of the molecule is CC1(C(N)=O)CCN(c2nc(Cl)c(C(=O)O)s2)C1. The highest BCUT2D eigenvalue weighted by Crippen LogP contribution is 2.36. The van der Waals surface area contributed by atoms with Gasteiger partial charge in [0, 0.05) is 13.1 Å². The molecular formula is C10H12ClN3O3S. The van der Waals surface area contributed by atoms with Crippen molar-refractivity contribution in [3.8, 4) is 0 Å². The number of carboxylic acids is 1. The number of rotatable bonds is 3. The Morgan fingerprint density at radius 2 is 2.28 bits per heavy atom. The first-order chi connectivity index (χ1) is 8.33. The van der Waals surface area contributed by atoms with Crippen LogP contribution in [0.4, 0.5) is 5.13 Å². The molecule has 0 bridgehead atoms. The number of thiazole rings is 1. The van der Waals surface area contributed by atoms with E-state index in [-0.39, 0.29) is 15.9 Å². The van der Waals surface area contributed by atoms with Gasteiger partial charge in [-0.25, -0.2) is 9.78 Å². The van der Waals surface area contributed by atoms with Gasteiger partial charge in [-0.1, -0.05) is 22.9 Å². The number of aromatic nitrogens is 1. The maximum Gasteiger partial charge on any atom is 0.349 e. The summed E-state index contributed by atoms with van der Waals surface area (Å²) >= 11 is 6.76. The molecule has 1 amide bonds. The molecule has 6 nitrogen and oxygen atoms in total. The minimum absolute atomic E-state index is 0.0133. The molecule has 2 heterocycles. The van der Waals surface area contributed by atoms with Crippen molar-refractivity contribution in [1.82, 2.24) is 4.98 Å². The van der Waals surface area contributed by atoms with Gasteiger partial charge in [0.25, 0.3) is 0 Å². The number of anilines is 1. The average Bonchev–Trinajstić information content (AvgIpc) is 2.83. The molecule has 18 heavy (non-hydrogen) atoms. The van der Waals surface area contributed by atoms with Gasteiger partial charge < -0.3 is 15.7 Å². The summed E-state index contributed by atoms with van der Waals surface area (Å²) in [5.41, 5.74) is 4.76. The Morgan fingerprint density at radius 3 is 2.72 bits per heavy atom. The van der Waals surface area contributed by atoms with Crippen LogP contribution in [0.1, 0.15) is 23.0 Å². The maximum atomic E-state index is 11.3. The molecule has 0 aromatic carbocycles. The van der Waals surface area contributed by atoms with Gasteiger partial charge in [0.15, 0.2) is 15.2 Å². The van der Waals surface area contributed by atoms with E-state index < -0.39 is 11.4 Å². The van der Waals surface area contributed by atoms with E-state index in [1.807, 2.05) is 4.90 Å². The predicted octanol–water partition coefficient (Wildman–Crippen LogP) is 1.20. The number of nitrogens with zero attached hydrogens (tertiary/aromatic N) is 2. The second-order valence-electron chi connectivity index (χ2n) is 4.52. The molecule has 1 aromatic rings. The summed E-state index contributed by atoms with van der Waals surface area (Å²) in [7, 11) is 0. The topological polar surface area (TPSA) is 96.5 Å². The summed E-state index contributed by atoms with van der Waals surface area (Å²) in [6.07, 6.45) is 0.627. The smallest absolute Gasteiger partial charge is 0.349 e. The Bertz CT molecular complexity index is 518. The summed E-state index contributed by atoms with van der Waals surface area (Å²) in [5.74, 6) is -1.45. The predicted molar refractivity (Wildman–Crippen MR) is 68.2 cm³/mol. The van der Waals surface area contributed by atoms with Crippen LogP contribution in [0.5, 0.6) is 0 Å². The molecule has 0 aliphatic carbocycles. The second kappa shape index (κ2) is 4.40. The lowest BCUT2D eigenvalue weighted by molar-refractivity contribution is -0.125. The third kappa shape index (κ3) is 2.15. The van der Waals surface area contributed by atoms with Gasteiger partial charge in [-0.15, -0.1) is 0 Å². The van der Waals surface area contributed by atoms with Gasteiger partial charge in [-0.05, 0) is 13.3 Å². The van der Waals surface area contributed by atoms with Crippen LogP contribution in [0.15, 0.2) is 0 Å². The van der Waals surface area contributed by atoms with Crippen molar-refractivity contribution in [3.63, 3.8) is 0 Å². The fraction of sp³-hybridized carbons (Fsp3) is 0.500. The molecule has 0 saturated carbocycles. The first-order valence-electron chi connectivity index (χ1n) is 5.28. The molecular weight excluding hydrogens is 278 g/mol. The molecule has 2 rings (SSSR count). The number of hydrogen-bond donors (Lipinski definition) is 2. The van der Waals surface area contributed by atoms with E-state index in [1.165, 1.54) is 0 Å². The minimum atomic E-state index is -1.10. The van der Waals surface area contributed by atoms with Crippen molar-refractivity contribution >= 4 is 39.9 Å². The van der Waals surface area contributed by atoms with Crippen LogP contribution in [-0.2, 0) is 4.79 Å². The van der Waals surface area contributed by atoms with E-state index in [4.69, 9.17) is 22.4 Å². The van der Waals surface area contributed by atoms with Gasteiger partial charge in [0.05, 0.1) is 5.41 Å². The number of aromatic carboxylic acids is 1. The van der Waals surface area contributed by atoms with E-state index in [0.29, 0.717) is 24.6 Å². The van der Waals surface area contributed by atoms with Crippen LogP contribution in [0, 0.1) is 5.41 Å². The largest absolute Gasteiger partial charge is 0.477 e. The lowest BCUT2D eigenvalue weighted by Crippen LogP contribution is -2.37. The van der Waals surface area contributed by atoms with E-state index in [0.717, 1.165) is 11.3 Å². The van der Waals surface area contributed by atoms with Crippen LogP contribution in [0.25, 0.3) is 0 Å². The normalized spacial score (nSPS) is 23.3. The average molecular weight is 290 g/mol. The molecule has 1 atom stereocenters. The summed E-state index contributed by atoms with van der Waals surface area (Å²) in [5, 5.41) is 9.40. The zero-order valence-electron chi connectivity index (χ0n) is 9.64. The number of carbonyl (C=O) groups is 2. The first kappa shape index (κ1) is 13.1. The molecule has 1 unspecified atom stereocenters. The molecule has 1 aromatic heterocycles. The van der Waals surface area contributed by atoms with Gasteiger partial charge in [-0.2, -0.15) is 0 Å². The van der Waals surface area contributed by atoms with Crippen molar-refractivity contribution in [2.75, 3.05) is 18.0 Å². The van der Waals surface area contributed by atoms with Crippen molar-refractivity contribution < 1.29 is 14.7 Å². The van der Waals surface area contributed by atoms with E-state index in [1.54, 1.807) is 6.92 Å². The van der Waals surface area contributed by atoms with Gasteiger partial charge in [0.2, 0.25) is 5.91 Å². The lowest BCUT2D eigenvalue weighted by atomic mass is 9.89. The zero-order valence-corrected chi connectivity index (χ0v) is 11.2. The third-order valence-corrected chi connectivity index (χ3v) is 4.60. The number of nitrogens with two attached hydrogens (primary N) is 1. The molecule has 1 saturated heterocycles. The Hall–Kier alpha value is -1.34. The Morgan fingerprint density at radius 1 is 1.61 bits per heavy atom. The van der Waals surface area contributed by atoms with Crippen LogP contribution >= 0.6 is 22.9 Å². The Labute approximate surface area is 112 Å². The second-order valence-corrected chi connectivity index (χ2v) is 5.85. The summed E-state index contributed by atoms with van der Waals surface area (Å²) < 4.78 is 0. The molecule has 8 heteroatoms. The molecule has 0 spiro atoms. The fourth-order valence-electron chi connectivity index (χ4n) is 1.88. The number of halogens is 1. The van der Waals surface area contributed by atoms with E-state index in [9.17, 15) is 9.59 Å². The van der Waals surface area contributed by atoms with Crippen molar-refractivity contribution in [1.29, 1.82) is 0 Å². The van der Waals surface area contributed by atoms with Crippen molar-refractivity contribution in [3.05, 3.63) is 10.0 Å². The third-order valence-electron chi connectivity index (χ3n) is 3.11. The lowest BCUT2D eigenvalue weighted by Gasteiger charge is -2.20. The highest BCUT2D eigenvalue weighted by atomic mass is 35.5. The van der Waals surface area contributed by atoms with Crippen LogP contribution < -0.4 is 10.6 Å².